The van der Waals surface area contributed by atoms with E-state index in [9.17, 15) is 9.59 Å². The van der Waals surface area contributed by atoms with Gasteiger partial charge in [0.25, 0.3) is 5.91 Å². The molecule has 0 aromatic heterocycles. The quantitative estimate of drug-likeness (QED) is 0.827. The van der Waals surface area contributed by atoms with Crippen molar-refractivity contribution >= 4 is 29.1 Å². The zero-order chi connectivity index (χ0) is 17.7. The van der Waals surface area contributed by atoms with Crippen molar-refractivity contribution in [1.82, 2.24) is 10.2 Å². The zero-order valence-electron chi connectivity index (χ0n) is 14.6. The average molecular weight is 352 g/mol. The first-order chi connectivity index (χ1) is 11.4. The summed E-state index contributed by atoms with van der Waals surface area (Å²) in [4.78, 5) is 26.7. The zero-order valence-corrected chi connectivity index (χ0v) is 15.3. The molecule has 0 bridgehead atoms. The molecule has 2 N–H and O–H groups in total. The van der Waals surface area contributed by atoms with Gasteiger partial charge in [-0.2, -0.15) is 0 Å². The van der Waals surface area contributed by atoms with Crippen molar-refractivity contribution in [3.63, 3.8) is 0 Å². The lowest BCUT2D eigenvalue weighted by molar-refractivity contribution is -0.116. The smallest absolute Gasteiger partial charge is 0.255 e. The maximum absolute atomic E-state index is 12.9. The Morgan fingerprint density at radius 3 is 2.79 bits per heavy atom. The third-order valence-electron chi connectivity index (χ3n) is 4.15. The summed E-state index contributed by atoms with van der Waals surface area (Å²) in [5.74, 6) is 0.156. The summed E-state index contributed by atoms with van der Waals surface area (Å²) < 4.78 is 0. The first kappa shape index (κ1) is 18.7. The number of nitrogens with zero attached hydrogens (tertiary/aromatic N) is 1. The van der Waals surface area contributed by atoms with Crippen LogP contribution in [0.4, 0.5) is 5.69 Å². The number of nitrogens with one attached hydrogen (secondary N) is 2. The number of carbonyl (C=O) groups is 2. The molecule has 132 valence electrons. The van der Waals surface area contributed by atoms with Gasteiger partial charge in [0.2, 0.25) is 5.91 Å². The fraction of sp³-hybridized carbons (Fsp3) is 0.556. The third-order valence-corrected chi connectivity index (χ3v) is 4.48. The molecule has 1 unspecified atom stereocenters. The summed E-state index contributed by atoms with van der Waals surface area (Å²) in [6, 6.07) is 5.27. The predicted molar refractivity (Wildman–Crippen MR) is 97.5 cm³/mol. The molecule has 6 heteroatoms. The maximum Gasteiger partial charge on any atom is 0.255 e. The Hall–Kier alpha value is -1.59. The molecular formula is C18H26ClN3O2. The molecule has 1 aliphatic heterocycles. The number of rotatable bonds is 6. The average Bonchev–Trinajstić information content (AvgIpc) is 2.96. The third kappa shape index (κ3) is 4.71. The Morgan fingerprint density at radius 2 is 2.12 bits per heavy atom. The number of halogens is 1. The van der Waals surface area contributed by atoms with Crippen LogP contribution in [0.25, 0.3) is 0 Å². The molecule has 1 aliphatic rings. The molecule has 1 aromatic carbocycles. The molecule has 1 aromatic rings. The van der Waals surface area contributed by atoms with Gasteiger partial charge in [-0.05, 0) is 44.0 Å². The van der Waals surface area contributed by atoms with Crippen LogP contribution in [0.15, 0.2) is 18.2 Å². The highest BCUT2D eigenvalue weighted by molar-refractivity contribution is 6.34. The van der Waals surface area contributed by atoms with Gasteiger partial charge in [-0.1, -0.05) is 25.4 Å². The molecule has 0 aliphatic carbocycles. The van der Waals surface area contributed by atoms with Gasteiger partial charge in [-0.3, -0.25) is 9.59 Å². The normalized spacial score (nSPS) is 17.4. The number of benzene rings is 1. The number of likely N-dealkylation sites (tertiary alicyclic amines) is 1. The SMILES string of the molecule is CNCC1CCCN1C(=O)c1cc(NC(=O)CC(C)C)ccc1Cl. The second-order valence-electron chi connectivity index (χ2n) is 6.69. The highest BCUT2D eigenvalue weighted by atomic mass is 35.5. The van der Waals surface area contributed by atoms with Crippen molar-refractivity contribution in [2.75, 3.05) is 25.5 Å². The molecule has 0 spiro atoms. The Labute approximate surface area is 148 Å². The number of anilines is 1. The van der Waals surface area contributed by atoms with Gasteiger partial charge in [-0.25, -0.2) is 0 Å². The summed E-state index contributed by atoms with van der Waals surface area (Å²) in [5, 5.41) is 6.39. The lowest BCUT2D eigenvalue weighted by Crippen LogP contribution is -2.41. The van der Waals surface area contributed by atoms with Crippen LogP contribution in [0.3, 0.4) is 0 Å². The molecule has 5 nitrogen and oxygen atoms in total. The lowest BCUT2D eigenvalue weighted by Gasteiger charge is -2.25. The van der Waals surface area contributed by atoms with Crippen LogP contribution in [0.1, 0.15) is 43.5 Å². The number of likely N-dealkylation sites (N-methyl/N-ethyl adjacent to an activating group) is 1. The van der Waals surface area contributed by atoms with Gasteiger partial charge < -0.3 is 15.5 Å². The summed E-state index contributed by atoms with van der Waals surface area (Å²) in [6.45, 7) is 5.50. The number of hydrogen-bond donors (Lipinski definition) is 2. The number of carbonyl (C=O) groups excluding carboxylic acids is 2. The van der Waals surface area contributed by atoms with Crippen molar-refractivity contribution in [2.45, 2.75) is 39.2 Å². The minimum absolute atomic E-state index is 0.0556. The molecule has 1 heterocycles. The largest absolute Gasteiger partial charge is 0.334 e. The molecule has 1 saturated heterocycles. The van der Waals surface area contributed by atoms with Crippen LogP contribution in [0.5, 0.6) is 0 Å². The molecule has 0 saturated carbocycles. The molecule has 2 rings (SSSR count). The topological polar surface area (TPSA) is 61.4 Å². The standard InChI is InChI=1S/C18H26ClN3O2/c1-12(2)9-17(23)21-13-6-7-16(19)15(10-13)18(24)22-8-4-5-14(22)11-20-3/h6-7,10,12,14,20H,4-5,8-9,11H2,1-3H3,(H,21,23). The van der Waals surface area contributed by atoms with Gasteiger partial charge in [0.15, 0.2) is 0 Å². The van der Waals surface area contributed by atoms with E-state index < -0.39 is 0 Å². The Balaban J connectivity index is 2.15. The molecular weight excluding hydrogens is 326 g/mol. The summed E-state index contributed by atoms with van der Waals surface area (Å²) in [6.07, 6.45) is 2.44. The van der Waals surface area contributed by atoms with Gasteiger partial charge in [0.05, 0.1) is 10.6 Å². The Kier molecular flexibility index (Phi) is 6.63. The van der Waals surface area contributed by atoms with Crippen molar-refractivity contribution in [1.29, 1.82) is 0 Å². The van der Waals surface area contributed by atoms with E-state index in [2.05, 4.69) is 10.6 Å². The van der Waals surface area contributed by atoms with Crippen molar-refractivity contribution < 1.29 is 9.59 Å². The second-order valence-corrected chi connectivity index (χ2v) is 7.10. The van der Waals surface area contributed by atoms with Crippen LogP contribution < -0.4 is 10.6 Å². The van der Waals surface area contributed by atoms with E-state index in [1.165, 1.54) is 0 Å². The molecule has 1 atom stereocenters. The maximum atomic E-state index is 12.9. The minimum Gasteiger partial charge on any atom is -0.334 e. The van der Waals surface area contributed by atoms with Crippen molar-refractivity contribution in [2.24, 2.45) is 5.92 Å². The van der Waals surface area contributed by atoms with Crippen LogP contribution in [0.2, 0.25) is 5.02 Å². The van der Waals surface area contributed by atoms with E-state index in [0.717, 1.165) is 25.9 Å². The van der Waals surface area contributed by atoms with E-state index in [1.807, 2.05) is 25.8 Å². The lowest BCUT2D eigenvalue weighted by atomic mass is 10.1. The van der Waals surface area contributed by atoms with E-state index in [4.69, 9.17) is 11.6 Å². The minimum atomic E-state index is -0.0716. The molecule has 24 heavy (non-hydrogen) atoms. The molecule has 0 radical (unpaired) electrons. The van der Waals surface area contributed by atoms with Gasteiger partial charge in [0, 0.05) is 31.2 Å². The van der Waals surface area contributed by atoms with Crippen LogP contribution >= 0.6 is 11.6 Å². The van der Waals surface area contributed by atoms with Crippen molar-refractivity contribution in [3.05, 3.63) is 28.8 Å². The van der Waals surface area contributed by atoms with Gasteiger partial charge in [0.1, 0.15) is 0 Å². The highest BCUT2D eigenvalue weighted by Crippen LogP contribution is 2.26. The van der Waals surface area contributed by atoms with Gasteiger partial charge >= 0.3 is 0 Å². The second kappa shape index (κ2) is 8.49. The van der Waals surface area contributed by atoms with Gasteiger partial charge in [-0.15, -0.1) is 0 Å². The van der Waals surface area contributed by atoms with Crippen LogP contribution in [0, 0.1) is 5.92 Å². The Bertz CT molecular complexity index is 604. The van der Waals surface area contributed by atoms with E-state index in [-0.39, 0.29) is 23.8 Å². The van der Waals surface area contributed by atoms with Crippen LogP contribution in [-0.2, 0) is 4.79 Å². The summed E-state index contributed by atoms with van der Waals surface area (Å²) in [7, 11) is 1.89. The molecule has 2 amide bonds. The summed E-state index contributed by atoms with van der Waals surface area (Å²) in [5.41, 5.74) is 1.06. The Morgan fingerprint density at radius 1 is 1.38 bits per heavy atom. The summed E-state index contributed by atoms with van der Waals surface area (Å²) >= 11 is 6.24. The van der Waals surface area contributed by atoms with E-state index in [0.29, 0.717) is 22.7 Å². The highest BCUT2D eigenvalue weighted by Gasteiger charge is 2.30. The first-order valence-electron chi connectivity index (χ1n) is 8.47. The fourth-order valence-corrected chi connectivity index (χ4v) is 3.25. The first-order valence-corrected chi connectivity index (χ1v) is 8.85. The van der Waals surface area contributed by atoms with Crippen LogP contribution in [-0.4, -0.2) is 42.9 Å². The predicted octanol–water partition coefficient (Wildman–Crippen LogP) is 3.15. The van der Waals surface area contributed by atoms with E-state index >= 15 is 0 Å². The van der Waals surface area contributed by atoms with Crippen molar-refractivity contribution in [3.8, 4) is 0 Å². The molecule has 1 fully saturated rings. The fourth-order valence-electron chi connectivity index (χ4n) is 3.06. The van der Waals surface area contributed by atoms with E-state index in [1.54, 1.807) is 18.2 Å². The number of hydrogen-bond acceptors (Lipinski definition) is 3. The number of amides is 2. The monoisotopic (exact) mass is 351 g/mol.